The van der Waals surface area contributed by atoms with Gasteiger partial charge in [-0.3, -0.25) is 0 Å². The Morgan fingerprint density at radius 2 is 2.26 bits per heavy atom. The van der Waals surface area contributed by atoms with Crippen LogP contribution in [0.2, 0.25) is 0 Å². The third-order valence-electron chi connectivity index (χ3n) is 3.81. The lowest BCUT2D eigenvalue weighted by molar-refractivity contribution is 0.575. The highest BCUT2D eigenvalue weighted by Gasteiger charge is 2.23. The van der Waals surface area contributed by atoms with Crippen LogP contribution >= 0.6 is 0 Å². The third-order valence-corrected chi connectivity index (χ3v) is 3.81. The molecule has 0 aromatic carbocycles. The Labute approximate surface area is 115 Å². The van der Waals surface area contributed by atoms with Crippen molar-refractivity contribution in [1.82, 2.24) is 4.98 Å². The Hall–Kier alpha value is -1.77. The van der Waals surface area contributed by atoms with Crippen LogP contribution in [0.5, 0.6) is 0 Å². The zero-order valence-corrected chi connectivity index (χ0v) is 11.7. The van der Waals surface area contributed by atoms with E-state index >= 15 is 0 Å². The van der Waals surface area contributed by atoms with Crippen molar-refractivity contribution < 1.29 is 0 Å². The first-order valence-electron chi connectivity index (χ1n) is 6.92. The second-order valence-electron chi connectivity index (χ2n) is 5.34. The van der Waals surface area contributed by atoms with Crippen LogP contribution in [0.1, 0.15) is 31.7 Å². The first-order valence-corrected chi connectivity index (χ1v) is 6.92. The summed E-state index contributed by atoms with van der Waals surface area (Å²) < 4.78 is 0. The van der Waals surface area contributed by atoms with Gasteiger partial charge >= 0.3 is 0 Å². The largest absolute Gasteiger partial charge is 0.399 e. The molecule has 1 saturated heterocycles. The number of allylic oxidation sites excluding steroid dienone is 1. The van der Waals surface area contributed by atoms with Crippen molar-refractivity contribution in [1.29, 1.82) is 0 Å². The van der Waals surface area contributed by atoms with Gasteiger partial charge in [-0.05, 0) is 37.3 Å². The molecule has 3 nitrogen and oxygen atoms in total. The summed E-state index contributed by atoms with van der Waals surface area (Å²) in [6, 6.07) is 4.02. The van der Waals surface area contributed by atoms with E-state index in [0.717, 1.165) is 43.2 Å². The van der Waals surface area contributed by atoms with Crippen molar-refractivity contribution in [2.75, 3.05) is 18.0 Å². The number of hydrogen-bond donors (Lipinski definition) is 1. The van der Waals surface area contributed by atoms with E-state index in [-0.39, 0.29) is 0 Å². The van der Waals surface area contributed by atoms with Crippen molar-refractivity contribution in [2.45, 2.75) is 26.2 Å². The molecule has 2 N–H and O–H groups in total. The highest BCUT2D eigenvalue weighted by atomic mass is 15.2. The Bertz CT molecular complexity index is 461. The van der Waals surface area contributed by atoms with Crippen LogP contribution in [-0.4, -0.2) is 18.1 Å². The number of aromatic nitrogens is 1. The number of nitrogens with zero attached hydrogens (tertiary/aromatic N) is 2. The smallest absolute Gasteiger partial charge is 0.128 e. The fourth-order valence-corrected chi connectivity index (χ4v) is 2.52. The van der Waals surface area contributed by atoms with E-state index in [1.54, 1.807) is 6.20 Å². The maximum atomic E-state index is 5.65. The molecular formula is C16H23N3. The molecule has 1 aliphatic rings. The molecule has 1 aromatic rings. The molecule has 19 heavy (non-hydrogen) atoms. The summed E-state index contributed by atoms with van der Waals surface area (Å²) in [5, 5.41) is 0. The number of hydrogen-bond acceptors (Lipinski definition) is 3. The topological polar surface area (TPSA) is 42.1 Å². The molecule has 3 heteroatoms. The minimum atomic E-state index is 0.567. The monoisotopic (exact) mass is 257 g/mol. The van der Waals surface area contributed by atoms with Crippen LogP contribution in [0.3, 0.4) is 0 Å². The van der Waals surface area contributed by atoms with E-state index in [4.69, 9.17) is 5.73 Å². The highest BCUT2D eigenvalue weighted by Crippen LogP contribution is 2.27. The van der Waals surface area contributed by atoms with Gasteiger partial charge in [0, 0.05) is 30.5 Å². The molecule has 1 unspecified atom stereocenters. The molecule has 0 bridgehead atoms. The van der Waals surface area contributed by atoms with Crippen LogP contribution < -0.4 is 10.6 Å². The Balaban J connectivity index is 1.96. The molecule has 0 spiro atoms. The van der Waals surface area contributed by atoms with E-state index < -0.39 is 0 Å². The van der Waals surface area contributed by atoms with Gasteiger partial charge in [-0.15, -0.1) is 0 Å². The lowest BCUT2D eigenvalue weighted by atomic mass is 9.98. The number of nitrogens with two attached hydrogens (primary N) is 1. The van der Waals surface area contributed by atoms with Gasteiger partial charge in [0.1, 0.15) is 5.82 Å². The lowest BCUT2D eigenvalue weighted by Crippen LogP contribution is -2.20. The molecule has 1 aliphatic heterocycles. The van der Waals surface area contributed by atoms with Gasteiger partial charge in [0.25, 0.3) is 0 Å². The van der Waals surface area contributed by atoms with Gasteiger partial charge in [0.2, 0.25) is 0 Å². The van der Waals surface area contributed by atoms with E-state index in [2.05, 4.69) is 30.0 Å². The first-order chi connectivity index (χ1) is 9.10. The Morgan fingerprint density at radius 1 is 1.47 bits per heavy atom. The number of anilines is 1. The molecule has 2 heterocycles. The zero-order chi connectivity index (χ0) is 13.8. The van der Waals surface area contributed by atoms with E-state index in [1.165, 1.54) is 12.0 Å². The predicted octanol–water partition coefficient (Wildman–Crippen LogP) is 3.19. The minimum absolute atomic E-state index is 0.567. The molecular weight excluding hydrogens is 234 g/mol. The zero-order valence-electron chi connectivity index (χ0n) is 11.7. The minimum Gasteiger partial charge on any atom is -0.399 e. The van der Waals surface area contributed by atoms with Gasteiger partial charge in [-0.25, -0.2) is 4.98 Å². The van der Waals surface area contributed by atoms with Crippen LogP contribution in [0.25, 0.3) is 5.70 Å². The average molecular weight is 257 g/mol. The quantitative estimate of drug-likeness (QED) is 0.824. The van der Waals surface area contributed by atoms with Crippen LogP contribution in [-0.2, 0) is 0 Å². The van der Waals surface area contributed by atoms with E-state index in [9.17, 15) is 0 Å². The van der Waals surface area contributed by atoms with E-state index in [1.807, 2.05) is 12.1 Å². The van der Waals surface area contributed by atoms with Crippen molar-refractivity contribution in [3.63, 3.8) is 0 Å². The van der Waals surface area contributed by atoms with Gasteiger partial charge in [-0.2, -0.15) is 0 Å². The molecule has 1 aromatic heterocycles. The normalized spacial score (nSPS) is 18.6. The van der Waals surface area contributed by atoms with Crippen molar-refractivity contribution in [2.24, 2.45) is 11.7 Å². The van der Waals surface area contributed by atoms with Crippen molar-refractivity contribution in [3.05, 3.63) is 42.6 Å². The molecule has 102 valence electrons. The summed E-state index contributed by atoms with van der Waals surface area (Å²) in [6.45, 7) is 12.2. The standard InChI is InChI=1S/C16H23N3/c1-4-12(2)9-14-7-8-19(11-14)16-6-5-15(10-18-16)13(3)17/h5-6,10,14H,2-4,7-9,11,17H2,1H3. The summed E-state index contributed by atoms with van der Waals surface area (Å²) in [7, 11) is 0. The summed E-state index contributed by atoms with van der Waals surface area (Å²) in [4.78, 5) is 6.82. The SMILES string of the molecule is C=C(CC)CC1CCN(c2ccc(C(=C)N)cn2)C1. The summed E-state index contributed by atoms with van der Waals surface area (Å²) in [5.41, 5.74) is 8.48. The Kier molecular flexibility index (Phi) is 4.25. The molecule has 0 saturated carbocycles. The first kappa shape index (κ1) is 13.7. The number of rotatable bonds is 5. The highest BCUT2D eigenvalue weighted by molar-refractivity contribution is 5.60. The molecule has 0 amide bonds. The van der Waals surface area contributed by atoms with Gasteiger partial charge in [-0.1, -0.05) is 25.7 Å². The maximum Gasteiger partial charge on any atom is 0.128 e. The average Bonchev–Trinajstić information content (AvgIpc) is 2.87. The second kappa shape index (κ2) is 5.91. The fraction of sp³-hybridized carbons (Fsp3) is 0.438. The van der Waals surface area contributed by atoms with Crippen LogP contribution in [0, 0.1) is 5.92 Å². The summed E-state index contributed by atoms with van der Waals surface area (Å²) >= 11 is 0. The van der Waals surface area contributed by atoms with Crippen molar-refractivity contribution in [3.8, 4) is 0 Å². The van der Waals surface area contributed by atoms with Gasteiger partial charge in [0.05, 0.1) is 0 Å². The molecule has 2 rings (SSSR count). The van der Waals surface area contributed by atoms with Crippen molar-refractivity contribution >= 4 is 11.5 Å². The molecule has 0 radical (unpaired) electrons. The summed E-state index contributed by atoms with van der Waals surface area (Å²) in [6.07, 6.45) is 5.26. The Morgan fingerprint density at radius 3 is 2.84 bits per heavy atom. The van der Waals surface area contributed by atoms with Gasteiger partial charge in [0.15, 0.2) is 0 Å². The molecule has 1 fully saturated rings. The van der Waals surface area contributed by atoms with Gasteiger partial charge < -0.3 is 10.6 Å². The van der Waals surface area contributed by atoms with E-state index in [0.29, 0.717) is 5.70 Å². The molecule has 0 aliphatic carbocycles. The summed E-state index contributed by atoms with van der Waals surface area (Å²) in [5.74, 6) is 1.76. The number of pyridine rings is 1. The maximum absolute atomic E-state index is 5.65. The predicted molar refractivity (Wildman–Crippen MR) is 81.8 cm³/mol. The fourth-order valence-electron chi connectivity index (χ4n) is 2.52. The van der Waals surface area contributed by atoms with Crippen LogP contribution in [0.15, 0.2) is 37.1 Å². The lowest BCUT2D eigenvalue weighted by Gasteiger charge is -2.18. The second-order valence-corrected chi connectivity index (χ2v) is 5.34. The molecule has 1 atom stereocenters. The van der Waals surface area contributed by atoms with Crippen LogP contribution in [0.4, 0.5) is 5.82 Å². The third kappa shape index (κ3) is 3.37.